The fraction of sp³-hybridized carbons (Fsp3) is 0.0769. The van der Waals surface area contributed by atoms with Gasteiger partial charge in [-0.15, -0.1) is 0 Å². The van der Waals surface area contributed by atoms with Crippen LogP contribution >= 0.6 is 22.6 Å². The number of nitrogen functional groups attached to an aromatic ring is 1. The van der Waals surface area contributed by atoms with Gasteiger partial charge in [-0.25, -0.2) is 4.39 Å². The molecule has 2 aromatic rings. The van der Waals surface area contributed by atoms with Crippen molar-refractivity contribution in [2.75, 3.05) is 5.73 Å². The number of aryl methyl sites for hydroxylation is 1. The molecule has 0 saturated carbocycles. The summed E-state index contributed by atoms with van der Waals surface area (Å²) >= 11 is 2.15. The van der Waals surface area contributed by atoms with Crippen LogP contribution in [-0.2, 0) is 0 Å². The molecule has 2 rings (SSSR count). The number of nitrogens with two attached hydrogens (primary N) is 1. The van der Waals surface area contributed by atoms with Crippen LogP contribution in [0.2, 0.25) is 0 Å². The Morgan fingerprint density at radius 3 is 2.59 bits per heavy atom. The predicted octanol–water partition coefficient (Wildman–Crippen LogP) is 4.11. The van der Waals surface area contributed by atoms with E-state index in [1.807, 2.05) is 6.07 Å². The normalized spacial score (nSPS) is 10.3. The third-order valence-corrected chi connectivity index (χ3v) is 3.16. The Labute approximate surface area is 113 Å². The average molecular weight is 343 g/mol. The minimum Gasteiger partial charge on any atom is -0.456 e. The van der Waals surface area contributed by atoms with E-state index in [0.717, 1.165) is 3.57 Å². The molecule has 2 aromatic carbocycles. The van der Waals surface area contributed by atoms with E-state index in [1.54, 1.807) is 31.2 Å². The average Bonchev–Trinajstić information content (AvgIpc) is 2.27. The Hall–Kier alpha value is -1.30. The quantitative estimate of drug-likeness (QED) is 0.658. The molecular formula is C13H11FINO. The molecule has 0 aromatic heterocycles. The van der Waals surface area contributed by atoms with Gasteiger partial charge >= 0.3 is 0 Å². The first-order chi connectivity index (χ1) is 8.06. The van der Waals surface area contributed by atoms with Crippen molar-refractivity contribution in [3.8, 4) is 11.5 Å². The SMILES string of the molecule is Cc1cc(Oc2ccc(N)cc2I)ccc1F. The molecule has 0 fully saturated rings. The molecule has 0 aliphatic rings. The van der Waals surface area contributed by atoms with E-state index in [-0.39, 0.29) is 5.82 Å². The van der Waals surface area contributed by atoms with Gasteiger partial charge in [0.15, 0.2) is 0 Å². The number of hydrogen-bond acceptors (Lipinski definition) is 2. The van der Waals surface area contributed by atoms with Crippen molar-refractivity contribution >= 4 is 28.3 Å². The molecule has 0 unspecified atom stereocenters. The van der Waals surface area contributed by atoms with E-state index in [9.17, 15) is 4.39 Å². The zero-order valence-electron chi connectivity index (χ0n) is 9.21. The van der Waals surface area contributed by atoms with E-state index < -0.39 is 0 Å². The summed E-state index contributed by atoms with van der Waals surface area (Å²) in [6.45, 7) is 1.70. The van der Waals surface area contributed by atoms with Crippen LogP contribution in [0.4, 0.5) is 10.1 Å². The largest absolute Gasteiger partial charge is 0.456 e. The van der Waals surface area contributed by atoms with Crippen LogP contribution in [0.1, 0.15) is 5.56 Å². The first-order valence-corrected chi connectivity index (χ1v) is 6.13. The van der Waals surface area contributed by atoms with Crippen LogP contribution < -0.4 is 10.5 Å². The minimum atomic E-state index is -0.232. The molecule has 0 aliphatic carbocycles. The molecular weight excluding hydrogens is 332 g/mol. The van der Waals surface area contributed by atoms with Gasteiger partial charge in [0, 0.05) is 5.69 Å². The molecule has 4 heteroatoms. The van der Waals surface area contributed by atoms with Gasteiger partial charge in [-0.2, -0.15) is 0 Å². The highest BCUT2D eigenvalue weighted by molar-refractivity contribution is 14.1. The lowest BCUT2D eigenvalue weighted by Crippen LogP contribution is -1.91. The lowest BCUT2D eigenvalue weighted by molar-refractivity contribution is 0.476. The second-order valence-electron chi connectivity index (χ2n) is 3.70. The number of ether oxygens (including phenoxy) is 1. The summed E-state index contributed by atoms with van der Waals surface area (Å²) in [6, 6.07) is 10.1. The van der Waals surface area contributed by atoms with Crippen molar-refractivity contribution in [1.29, 1.82) is 0 Å². The van der Waals surface area contributed by atoms with Crippen molar-refractivity contribution in [2.45, 2.75) is 6.92 Å². The Kier molecular flexibility index (Phi) is 3.51. The van der Waals surface area contributed by atoms with Gasteiger partial charge in [0.1, 0.15) is 17.3 Å². The Morgan fingerprint density at radius 2 is 1.94 bits per heavy atom. The van der Waals surface area contributed by atoms with E-state index >= 15 is 0 Å². The molecule has 2 nitrogen and oxygen atoms in total. The number of rotatable bonds is 2. The fourth-order valence-corrected chi connectivity index (χ4v) is 2.06. The molecule has 0 bridgehead atoms. The van der Waals surface area contributed by atoms with Crippen LogP contribution in [0.5, 0.6) is 11.5 Å². The number of halogens is 2. The number of anilines is 1. The summed E-state index contributed by atoms with van der Waals surface area (Å²) in [4.78, 5) is 0. The fourth-order valence-electron chi connectivity index (χ4n) is 1.41. The van der Waals surface area contributed by atoms with E-state index in [0.29, 0.717) is 22.7 Å². The molecule has 0 atom stereocenters. The molecule has 0 amide bonds. The van der Waals surface area contributed by atoms with Gasteiger partial charge in [-0.3, -0.25) is 0 Å². The first kappa shape index (κ1) is 12.2. The molecule has 17 heavy (non-hydrogen) atoms. The van der Waals surface area contributed by atoms with Crippen molar-refractivity contribution in [3.63, 3.8) is 0 Å². The summed E-state index contributed by atoms with van der Waals surface area (Å²) in [6.07, 6.45) is 0. The third-order valence-electron chi connectivity index (χ3n) is 2.31. The van der Waals surface area contributed by atoms with Crippen LogP contribution in [0.25, 0.3) is 0 Å². The van der Waals surface area contributed by atoms with Gasteiger partial charge in [0.2, 0.25) is 0 Å². The summed E-state index contributed by atoms with van der Waals surface area (Å²) in [5.41, 5.74) is 6.91. The van der Waals surface area contributed by atoms with Crippen molar-refractivity contribution in [3.05, 3.63) is 51.3 Å². The molecule has 0 heterocycles. The molecule has 88 valence electrons. The Bertz CT molecular complexity index is 557. The summed E-state index contributed by atoms with van der Waals surface area (Å²) in [7, 11) is 0. The zero-order chi connectivity index (χ0) is 12.4. The predicted molar refractivity (Wildman–Crippen MR) is 74.8 cm³/mol. The van der Waals surface area contributed by atoms with E-state index in [2.05, 4.69) is 22.6 Å². The zero-order valence-corrected chi connectivity index (χ0v) is 11.4. The van der Waals surface area contributed by atoms with Gasteiger partial charge in [0.25, 0.3) is 0 Å². The summed E-state index contributed by atoms with van der Waals surface area (Å²) in [5.74, 6) is 1.10. The lowest BCUT2D eigenvalue weighted by Gasteiger charge is -2.09. The standard InChI is InChI=1S/C13H11FINO/c1-8-6-10(3-4-11(8)14)17-13-5-2-9(16)7-12(13)15/h2-7H,16H2,1H3. The molecule has 0 radical (unpaired) electrons. The smallest absolute Gasteiger partial charge is 0.140 e. The van der Waals surface area contributed by atoms with Gasteiger partial charge in [-0.1, -0.05) is 0 Å². The Morgan fingerprint density at radius 1 is 1.18 bits per heavy atom. The Balaban J connectivity index is 2.28. The number of benzene rings is 2. The van der Waals surface area contributed by atoms with Gasteiger partial charge in [-0.05, 0) is 71.5 Å². The minimum absolute atomic E-state index is 0.232. The second-order valence-corrected chi connectivity index (χ2v) is 4.87. The van der Waals surface area contributed by atoms with Gasteiger partial charge in [0.05, 0.1) is 3.57 Å². The second kappa shape index (κ2) is 4.91. The lowest BCUT2D eigenvalue weighted by atomic mass is 10.2. The van der Waals surface area contributed by atoms with Crippen LogP contribution in [0.3, 0.4) is 0 Å². The molecule has 0 saturated heterocycles. The van der Waals surface area contributed by atoms with Crippen molar-refractivity contribution in [1.82, 2.24) is 0 Å². The molecule has 0 aliphatic heterocycles. The van der Waals surface area contributed by atoms with E-state index in [1.165, 1.54) is 6.07 Å². The van der Waals surface area contributed by atoms with Crippen LogP contribution in [0, 0.1) is 16.3 Å². The highest BCUT2D eigenvalue weighted by Crippen LogP contribution is 2.29. The highest BCUT2D eigenvalue weighted by Gasteiger charge is 2.05. The maximum atomic E-state index is 13.1. The maximum Gasteiger partial charge on any atom is 0.140 e. The van der Waals surface area contributed by atoms with Crippen LogP contribution in [-0.4, -0.2) is 0 Å². The summed E-state index contributed by atoms with van der Waals surface area (Å²) in [5, 5.41) is 0. The molecule has 0 spiro atoms. The van der Waals surface area contributed by atoms with E-state index in [4.69, 9.17) is 10.5 Å². The summed E-state index contributed by atoms with van der Waals surface area (Å²) < 4.78 is 19.7. The topological polar surface area (TPSA) is 35.2 Å². The number of hydrogen-bond donors (Lipinski definition) is 1. The van der Waals surface area contributed by atoms with Crippen molar-refractivity contribution < 1.29 is 9.13 Å². The van der Waals surface area contributed by atoms with Crippen LogP contribution in [0.15, 0.2) is 36.4 Å². The molecule has 2 N–H and O–H groups in total. The highest BCUT2D eigenvalue weighted by atomic mass is 127. The van der Waals surface area contributed by atoms with Crippen molar-refractivity contribution in [2.24, 2.45) is 0 Å². The maximum absolute atomic E-state index is 13.1. The van der Waals surface area contributed by atoms with Gasteiger partial charge < -0.3 is 10.5 Å². The third kappa shape index (κ3) is 2.88. The monoisotopic (exact) mass is 343 g/mol. The first-order valence-electron chi connectivity index (χ1n) is 5.05.